The fourth-order valence-electron chi connectivity index (χ4n) is 2.74. The summed E-state index contributed by atoms with van der Waals surface area (Å²) >= 11 is 0. The Hall–Kier alpha value is -0.860. The van der Waals surface area contributed by atoms with E-state index in [1.165, 1.54) is 44.5 Å². The van der Waals surface area contributed by atoms with Gasteiger partial charge < -0.3 is 5.32 Å². The highest BCUT2D eigenvalue weighted by Gasteiger charge is 2.16. The third-order valence-corrected chi connectivity index (χ3v) is 4.29. The minimum absolute atomic E-state index is 0.521. The normalized spacial score (nSPS) is 19.1. The summed E-state index contributed by atoms with van der Waals surface area (Å²) in [6, 6.07) is 11.3. The van der Waals surface area contributed by atoms with E-state index in [1.54, 1.807) is 0 Å². The molecule has 0 aliphatic carbocycles. The summed E-state index contributed by atoms with van der Waals surface area (Å²) in [6.45, 7) is 5.93. The van der Waals surface area contributed by atoms with Gasteiger partial charge in [0.25, 0.3) is 0 Å². The zero-order valence-electron chi connectivity index (χ0n) is 11.7. The van der Waals surface area contributed by atoms with E-state index in [0.717, 1.165) is 5.92 Å². The van der Waals surface area contributed by atoms with Crippen LogP contribution in [0.25, 0.3) is 0 Å². The molecule has 0 spiro atoms. The lowest BCUT2D eigenvalue weighted by molar-refractivity contribution is 0.226. The molecule has 1 fully saturated rings. The first kappa shape index (κ1) is 13.6. The van der Waals surface area contributed by atoms with Crippen LogP contribution in [0, 0.1) is 5.92 Å². The summed E-state index contributed by atoms with van der Waals surface area (Å²) in [5.74, 6) is 0.927. The number of rotatable bonds is 5. The van der Waals surface area contributed by atoms with Crippen molar-refractivity contribution < 1.29 is 0 Å². The second-order valence-corrected chi connectivity index (χ2v) is 5.55. The molecule has 18 heavy (non-hydrogen) atoms. The van der Waals surface area contributed by atoms with Crippen molar-refractivity contribution in [1.29, 1.82) is 0 Å². The quantitative estimate of drug-likeness (QED) is 0.859. The van der Waals surface area contributed by atoms with Crippen molar-refractivity contribution in [2.45, 2.75) is 32.2 Å². The van der Waals surface area contributed by atoms with E-state index < -0.39 is 0 Å². The predicted octanol–water partition coefficient (Wildman–Crippen LogP) is 3.07. The molecular formula is C16H26N2. The van der Waals surface area contributed by atoms with Gasteiger partial charge in [-0.25, -0.2) is 0 Å². The standard InChI is InChI=1S/C16H26N2/c1-14(16-6-4-3-5-7-16)18(2)13-10-15-8-11-17-12-9-15/h3-7,14-15,17H,8-13H2,1-2H3. The molecule has 1 aromatic carbocycles. The van der Waals surface area contributed by atoms with Crippen LogP contribution in [0.1, 0.15) is 37.8 Å². The van der Waals surface area contributed by atoms with E-state index in [0.29, 0.717) is 6.04 Å². The van der Waals surface area contributed by atoms with E-state index in [9.17, 15) is 0 Å². The van der Waals surface area contributed by atoms with E-state index >= 15 is 0 Å². The summed E-state index contributed by atoms with van der Waals surface area (Å²) in [5, 5.41) is 3.44. The van der Waals surface area contributed by atoms with E-state index in [2.05, 4.69) is 54.5 Å². The Morgan fingerprint density at radius 2 is 1.89 bits per heavy atom. The largest absolute Gasteiger partial charge is 0.317 e. The summed E-state index contributed by atoms with van der Waals surface area (Å²) in [5.41, 5.74) is 1.42. The first-order valence-electron chi connectivity index (χ1n) is 7.23. The topological polar surface area (TPSA) is 15.3 Å². The number of nitrogens with zero attached hydrogens (tertiary/aromatic N) is 1. The number of nitrogens with one attached hydrogen (secondary N) is 1. The maximum absolute atomic E-state index is 3.44. The van der Waals surface area contributed by atoms with Crippen LogP contribution < -0.4 is 5.32 Å². The van der Waals surface area contributed by atoms with Gasteiger partial charge >= 0.3 is 0 Å². The van der Waals surface area contributed by atoms with Crippen molar-refractivity contribution in [3.05, 3.63) is 35.9 Å². The molecule has 0 saturated carbocycles. The summed E-state index contributed by atoms with van der Waals surface area (Å²) < 4.78 is 0. The number of hydrogen-bond donors (Lipinski definition) is 1. The molecule has 1 N–H and O–H groups in total. The molecule has 0 radical (unpaired) electrons. The maximum atomic E-state index is 3.44. The lowest BCUT2D eigenvalue weighted by atomic mass is 9.94. The fourth-order valence-corrected chi connectivity index (χ4v) is 2.74. The van der Waals surface area contributed by atoms with Crippen LogP contribution in [0.4, 0.5) is 0 Å². The van der Waals surface area contributed by atoms with E-state index in [1.807, 2.05) is 0 Å². The summed E-state index contributed by atoms with van der Waals surface area (Å²) in [4.78, 5) is 2.48. The van der Waals surface area contributed by atoms with Gasteiger partial charge in [0.15, 0.2) is 0 Å². The predicted molar refractivity (Wildman–Crippen MR) is 77.7 cm³/mol. The molecule has 100 valence electrons. The Balaban J connectivity index is 1.78. The first-order chi connectivity index (χ1) is 8.77. The van der Waals surface area contributed by atoms with E-state index in [-0.39, 0.29) is 0 Å². The fraction of sp³-hybridized carbons (Fsp3) is 0.625. The average molecular weight is 246 g/mol. The molecule has 2 rings (SSSR count). The van der Waals surface area contributed by atoms with Gasteiger partial charge in [-0.05, 0) is 64.3 Å². The highest BCUT2D eigenvalue weighted by atomic mass is 15.1. The molecule has 1 aromatic rings. The van der Waals surface area contributed by atoms with Gasteiger partial charge in [-0.1, -0.05) is 30.3 Å². The second-order valence-electron chi connectivity index (χ2n) is 5.55. The maximum Gasteiger partial charge on any atom is 0.0316 e. The van der Waals surface area contributed by atoms with Crippen LogP contribution in [0.3, 0.4) is 0 Å². The highest BCUT2D eigenvalue weighted by Crippen LogP contribution is 2.21. The smallest absolute Gasteiger partial charge is 0.0316 e. The minimum atomic E-state index is 0.521. The molecule has 1 unspecified atom stereocenters. The summed E-state index contributed by atoms with van der Waals surface area (Å²) in [6.07, 6.45) is 4.05. The van der Waals surface area contributed by atoms with Gasteiger partial charge in [0.1, 0.15) is 0 Å². The third kappa shape index (κ3) is 3.82. The Labute approximate surface area is 111 Å². The SMILES string of the molecule is CC(c1ccccc1)N(C)CCC1CCNCC1. The molecule has 1 aliphatic rings. The lowest BCUT2D eigenvalue weighted by Crippen LogP contribution is -2.31. The van der Waals surface area contributed by atoms with Gasteiger partial charge in [0.2, 0.25) is 0 Å². The van der Waals surface area contributed by atoms with Crippen molar-refractivity contribution in [2.24, 2.45) is 5.92 Å². The van der Waals surface area contributed by atoms with Gasteiger partial charge in [-0.3, -0.25) is 4.90 Å². The Morgan fingerprint density at radius 3 is 2.56 bits per heavy atom. The third-order valence-electron chi connectivity index (χ3n) is 4.29. The Bertz CT molecular complexity index is 330. The summed E-state index contributed by atoms with van der Waals surface area (Å²) in [7, 11) is 2.25. The highest BCUT2D eigenvalue weighted by molar-refractivity contribution is 5.18. The Morgan fingerprint density at radius 1 is 1.22 bits per heavy atom. The second kappa shape index (κ2) is 6.91. The molecule has 1 saturated heterocycles. The molecule has 2 nitrogen and oxygen atoms in total. The van der Waals surface area contributed by atoms with E-state index in [4.69, 9.17) is 0 Å². The number of benzene rings is 1. The van der Waals surface area contributed by atoms with Crippen LogP contribution >= 0.6 is 0 Å². The Kier molecular flexibility index (Phi) is 5.21. The van der Waals surface area contributed by atoms with Gasteiger partial charge in [0.05, 0.1) is 0 Å². The van der Waals surface area contributed by atoms with Gasteiger partial charge in [-0.2, -0.15) is 0 Å². The molecule has 1 heterocycles. The van der Waals surface area contributed by atoms with Crippen LogP contribution in [0.15, 0.2) is 30.3 Å². The first-order valence-corrected chi connectivity index (χ1v) is 7.23. The zero-order valence-corrected chi connectivity index (χ0v) is 11.7. The monoisotopic (exact) mass is 246 g/mol. The number of hydrogen-bond acceptors (Lipinski definition) is 2. The van der Waals surface area contributed by atoms with Crippen LogP contribution in [-0.2, 0) is 0 Å². The molecule has 0 amide bonds. The lowest BCUT2D eigenvalue weighted by Gasteiger charge is -2.28. The van der Waals surface area contributed by atoms with Crippen LogP contribution in [0.2, 0.25) is 0 Å². The molecule has 2 heteroatoms. The van der Waals surface area contributed by atoms with Crippen molar-refractivity contribution in [1.82, 2.24) is 10.2 Å². The molecular weight excluding hydrogens is 220 g/mol. The van der Waals surface area contributed by atoms with Gasteiger partial charge in [-0.15, -0.1) is 0 Å². The minimum Gasteiger partial charge on any atom is -0.317 e. The molecule has 0 bridgehead atoms. The van der Waals surface area contributed by atoms with Crippen molar-refractivity contribution in [3.8, 4) is 0 Å². The molecule has 1 aliphatic heterocycles. The molecule has 0 aromatic heterocycles. The van der Waals surface area contributed by atoms with Crippen LogP contribution in [-0.4, -0.2) is 31.6 Å². The van der Waals surface area contributed by atoms with Crippen LogP contribution in [0.5, 0.6) is 0 Å². The van der Waals surface area contributed by atoms with Crippen molar-refractivity contribution in [3.63, 3.8) is 0 Å². The van der Waals surface area contributed by atoms with Crippen molar-refractivity contribution >= 4 is 0 Å². The number of piperidine rings is 1. The average Bonchev–Trinajstić information content (AvgIpc) is 2.46. The van der Waals surface area contributed by atoms with Gasteiger partial charge in [0, 0.05) is 6.04 Å². The molecule has 1 atom stereocenters. The van der Waals surface area contributed by atoms with Crippen molar-refractivity contribution in [2.75, 3.05) is 26.7 Å². The zero-order chi connectivity index (χ0) is 12.8.